The number of nitrogens with zero attached hydrogens (tertiary/aromatic N) is 2. The summed E-state index contributed by atoms with van der Waals surface area (Å²) in [6.45, 7) is 8.04. The van der Waals surface area contributed by atoms with Gasteiger partial charge in [-0.1, -0.05) is 6.08 Å². The summed E-state index contributed by atoms with van der Waals surface area (Å²) in [6, 6.07) is 1.58. The maximum atomic E-state index is 12.7. The van der Waals surface area contributed by atoms with Crippen LogP contribution in [0.4, 0.5) is 0 Å². The molecule has 7 heteroatoms. The van der Waals surface area contributed by atoms with Crippen LogP contribution in [-0.4, -0.2) is 49.2 Å². The number of rotatable bonds is 9. The third-order valence-corrected chi connectivity index (χ3v) is 4.97. The summed E-state index contributed by atoms with van der Waals surface area (Å²) in [5, 5.41) is 9.36. The normalized spacial score (nSPS) is 12.3. The Labute approximate surface area is 126 Å². The molecule has 120 valence electrons. The second kappa shape index (κ2) is 7.74. The summed E-state index contributed by atoms with van der Waals surface area (Å²) in [4.78, 5) is 0.179. The average Bonchev–Trinajstić information content (AvgIpc) is 2.88. The molecular weight excluding hydrogens is 292 g/mol. The second-order valence-electron chi connectivity index (χ2n) is 4.97. The van der Waals surface area contributed by atoms with Gasteiger partial charge in [-0.15, -0.1) is 6.58 Å². The number of methoxy groups -OCH3 is 1. The SMILES string of the molecule is C=CCN(CCOC)S(=O)(=O)c1cc(CO)n(C(C)C)c1. The summed E-state index contributed by atoms with van der Waals surface area (Å²) in [7, 11) is -2.10. The van der Waals surface area contributed by atoms with Gasteiger partial charge in [-0.25, -0.2) is 8.42 Å². The van der Waals surface area contributed by atoms with Crippen molar-refractivity contribution in [2.75, 3.05) is 26.8 Å². The van der Waals surface area contributed by atoms with E-state index in [2.05, 4.69) is 6.58 Å². The van der Waals surface area contributed by atoms with Gasteiger partial charge in [0.2, 0.25) is 10.0 Å². The summed E-state index contributed by atoms with van der Waals surface area (Å²) >= 11 is 0. The highest BCUT2D eigenvalue weighted by atomic mass is 32.2. The highest BCUT2D eigenvalue weighted by Gasteiger charge is 2.26. The molecule has 0 saturated heterocycles. The Morgan fingerprint density at radius 1 is 1.52 bits per heavy atom. The lowest BCUT2D eigenvalue weighted by Gasteiger charge is -2.19. The van der Waals surface area contributed by atoms with Crippen molar-refractivity contribution in [1.29, 1.82) is 0 Å². The fourth-order valence-corrected chi connectivity index (χ4v) is 3.49. The topological polar surface area (TPSA) is 71.8 Å². The number of hydrogen-bond acceptors (Lipinski definition) is 4. The number of sulfonamides is 1. The Balaban J connectivity index is 3.18. The van der Waals surface area contributed by atoms with Crippen molar-refractivity contribution in [1.82, 2.24) is 8.87 Å². The molecule has 21 heavy (non-hydrogen) atoms. The van der Waals surface area contributed by atoms with Crippen LogP contribution in [0.5, 0.6) is 0 Å². The van der Waals surface area contributed by atoms with Gasteiger partial charge in [0.05, 0.1) is 13.2 Å². The predicted molar refractivity (Wildman–Crippen MR) is 81.6 cm³/mol. The van der Waals surface area contributed by atoms with Gasteiger partial charge in [0.1, 0.15) is 4.90 Å². The Morgan fingerprint density at radius 2 is 2.19 bits per heavy atom. The van der Waals surface area contributed by atoms with E-state index in [1.54, 1.807) is 16.8 Å². The first kappa shape index (κ1) is 17.9. The Morgan fingerprint density at radius 3 is 2.62 bits per heavy atom. The highest BCUT2D eigenvalue weighted by molar-refractivity contribution is 7.89. The predicted octanol–water partition coefficient (Wildman–Crippen LogP) is 1.38. The molecule has 1 aromatic rings. The number of aliphatic hydroxyl groups is 1. The molecule has 0 saturated carbocycles. The molecule has 0 unspecified atom stereocenters. The van der Waals surface area contributed by atoms with Crippen molar-refractivity contribution < 1.29 is 18.3 Å². The van der Waals surface area contributed by atoms with E-state index < -0.39 is 10.0 Å². The molecule has 0 amide bonds. The zero-order valence-electron chi connectivity index (χ0n) is 12.8. The molecule has 0 aliphatic carbocycles. The van der Waals surface area contributed by atoms with Crippen LogP contribution >= 0.6 is 0 Å². The number of aromatic nitrogens is 1. The van der Waals surface area contributed by atoms with E-state index in [1.807, 2.05) is 13.8 Å². The minimum Gasteiger partial charge on any atom is -0.390 e. The average molecular weight is 316 g/mol. The minimum atomic E-state index is -3.63. The molecule has 0 aromatic carbocycles. The molecule has 1 aromatic heterocycles. The van der Waals surface area contributed by atoms with Crippen LogP contribution in [0.2, 0.25) is 0 Å². The van der Waals surface area contributed by atoms with Gasteiger partial charge < -0.3 is 14.4 Å². The van der Waals surface area contributed by atoms with Gasteiger partial charge in [0.25, 0.3) is 0 Å². The minimum absolute atomic E-state index is 0.0722. The lowest BCUT2D eigenvalue weighted by atomic mass is 10.3. The quantitative estimate of drug-likeness (QED) is 0.699. The zero-order valence-corrected chi connectivity index (χ0v) is 13.6. The zero-order chi connectivity index (χ0) is 16.0. The fraction of sp³-hybridized carbons (Fsp3) is 0.571. The van der Waals surface area contributed by atoms with Crippen molar-refractivity contribution in [3.05, 3.63) is 30.6 Å². The molecule has 0 aliphatic heterocycles. The molecule has 1 N–H and O–H groups in total. The molecule has 1 heterocycles. The Bertz CT molecular complexity index is 564. The van der Waals surface area contributed by atoms with Crippen molar-refractivity contribution in [3.8, 4) is 0 Å². The Hall–Kier alpha value is -1.15. The van der Waals surface area contributed by atoms with E-state index in [0.29, 0.717) is 12.3 Å². The van der Waals surface area contributed by atoms with E-state index in [9.17, 15) is 13.5 Å². The van der Waals surface area contributed by atoms with Crippen LogP contribution < -0.4 is 0 Å². The van der Waals surface area contributed by atoms with E-state index in [1.165, 1.54) is 17.5 Å². The van der Waals surface area contributed by atoms with Crippen LogP contribution in [0, 0.1) is 0 Å². The molecule has 0 radical (unpaired) electrons. The van der Waals surface area contributed by atoms with E-state index in [4.69, 9.17) is 4.74 Å². The lowest BCUT2D eigenvalue weighted by Crippen LogP contribution is -2.34. The second-order valence-corrected chi connectivity index (χ2v) is 6.91. The smallest absolute Gasteiger partial charge is 0.244 e. The first-order chi connectivity index (χ1) is 9.88. The van der Waals surface area contributed by atoms with Crippen LogP contribution in [0.1, 0.15) is 25.6 Å². The summed E-state index contributed by atoms with van der Waals surface area (Å²) in [5.41, 5.74) is 0.578. The maximum absolute atomic E-state index is 12.7. The molecule has 6 nitrogen and oxygen atoms in total. The van der Waals surface area contributed by atoms with E-state index >= 15 is 0 Å². The monoisotopic (exact) mass is 316 g/mol. The van der Waals surface area contributed by atoms with E-state index in [0.717, 1.165) is 0 Å². The first-order valence-corrected chi connectivity index (χ1v) is 8.24. The van der Waals surface area contributed by atoms with Gasteiger partial charge in [-0.05, 0) is 19.9 Å². The number of hydrogen-bond donors (Lipinski definition) is 1. The largest absolute Gasteiger partial charge is 0.390 e. The summed E-state index contributed by atoms with van der Waals surface area (Å²) in [5.74, 6) is 0. The van der Waals surface area contributed by atoms with Crippen LogP contribution in [-0.2, 0) is 21.4 Å². The van der Waals surface area contributed by atoms with Crippen LogP contribution in [0.25, 0.3) is 0 Å². The number of ether oxygens (including phenoxy) is 1. The van der Waals surface area contributed by atoms with Crippen molar-refractivity contribution in [2.45, 2.75) is 31.4 Å². The molecule has 0 fully saturated rings. The van der Waals surface area contributed by atoms with Gasteiger partial charge in [-0.3, -0.25) is 0 Å². The first-order valence-electron chi connectivity index (χ1n) is 6.80. The highest BCUT2D eigenvalue weighted by Crippen LogP contribution is 2.22. The van der Waals surface area contributed by atoms with Gasteiger partial charge in [0.15, 0.2) is 0 Å². The van der Waals surface area contributed by atoms with Crippen LogP contribution in [0.15, 0.2) is 29.8 Å². The third-order valence-electron chi connectivity index (χ3n) is 3.14. The van der Waals surface area contributed by atoms with E-state index in [-0.39, 0.29) is 30.6 Å². The standard InChI is InChI=1S/C14H24N2O4S/c1-5-6-15(7-8-20-4)21(18,19)14-9-13(11-17)16(10-14)12(2)3/h5,9-10,12,17H,1,6-8,11H2,2-4H3. The molecule has 0 atom stereocenters. The van der Waals surface area contributed by atoms with Crippen molar-refractivity contribution in [3.63, 3.8) is 0 Å². The summed E-state index contributed by atoms with van der Waals surface area (Å²) < 4.78 is 33.3. The maximum Gasteiger partial charge on any atom is 0.244 e. The molecule has 0 aliphatic rings. The summed E-state index contributed by atoms with van der Waals surface area (Å²) in [6.07, 6.45) is 3.11. The van der Waals surface area contributed by atoms with Gasteiger partial charge in [0, 0.05) is 38.1 Å². The Kier molecular flexibility index (Phi) is 6.60. The molecule has 1 rings (SSSR count). The molecule has 0 spiro atoms. The van der Waals surface area contributed by atoms with Crippen molar-refractivity contribution in [2.24, 2.45) is 0 Å². The van der Waals surface area contributed by atoms with Crippen molar-refractivity contribution >= 4 is 10.0 Å². The third kappa shape index (κ3) is 4.16. The van der Waals surface area contributed by atoms with Crippen LogP contribution in [0.3, 0.4) is 0 Å². The molecular formula is C14H24N2O4S. The van der Waals surface area contributed by atoms with Gasteiger partial charge in [-0.2, -0.15) is 4.31 Å². The number of aliphatic hydroxyl groups excluding tert-OH is 1. The lowest BCUT2D eigenvalue weighted by molar-refractivity contribution is 0.182. The molecule has 0 bridgehead atoms. The van der Waals surface area contributed by atoms with Gasteiger partial charge >= 0.3 is 0 Å². The fourth-order valence-electron chi connectivity index (χ4n) is 2.04.